The molecule has 0 fully saturated rings. The van der Waals surface area contributed by atoms with Crippen LogP contribution in [0.1, 0.15) is 81.3 Å². The van der Waals surface area contributed by atoms with Gasteiger partial charge in [0.05, 0.1) is 0 Å². The van der Waals surface area contributed by atoms with E-state index >= 15 is 0 Å². The van der Waals surface area contributed by atoms with Crippen LogP contribution in [0.3, 0.4) is 0 Å². The Morgan fingerprint density at radius 3 is 0.895 bits per heavy atom. The first kappa shape index (κ1) is 16.3. The second-order valence-electron chi connectivity index (χ2n) is 5.39. The van der Waals surface area contributed by atoms with E-state index in [0.717, 1.165) is 0 Å². The molecule has 0 N–H and O–H groups in total. The van der Waals surface area contributed by atoms with E-state index in [0.29, 0.717) is 0 Å². The highest BCUT2D eigenvalue weighted by Crippen LogP contribution is 2.32. The van der Waals surface area contributed by atoms with Crippen LogP contribution >= 0.6 is 0 Å². The molecule has 0 nitrogen and oxygen atoms in total. The lowest BCUT2D eigenvalue weighted by Gasteiger charge is -2.25. The minimum absolute atomic E-state index is 1.19. The minimum atomic E-state index is 1.19. The van der Waals surface area contributed by atoms with Gasteiger partial charge in [0.15, 0.2) is 0 Å². The summed E-state index contributed by atoms with van der Waals surface area (Å²) < 4.78 is 0. The summed E-state index contributed by atoms with van der Waals surface area (Å²) >= 11 is 0. The average Bonchev–Trinajstić information content (AvgIpc) is 2.45. The first-order valence-corrected chi connectivity index (χ1v) is 8.36. The molecule has 0 spiro atoms. The van der Waals surface area contributed by atoms with Gasteiger partial charge < -0.3 is 0 Å². The van der Waals surface area contributed by atoms with Crippen LogP contribution in [-0.4, -0.2) is 0 Å². The van der Waals surface area contributed by atoms with Gasteiger partial charge in [-0.15, -0.1) is 0 Å². The molecule has 0 aliphatic carbocycles. The highest BCUT2D eigenvalue weighted by Gasteiger charge is 2.18. The van der Waals surface area contributed by atoms with Gasteiger partial charge in [-0.25, -0.2) is 0 Å². The molecule has 0 heterocycles. The van der Waals surface area contributed by atoms with Crippen LogP contribution in [0.15, 0.2) is 0 Å². The summed E-state index contributed by atoms with van der Waals surface area (Å²) in [6.45, 7) is 14.0. The van der Waals surface area contributed by atoms with Crippen LogP contribution in [-0.2, 0) is 38.5 Å². The predicted octanol–water partition coefficient (Wildman–Crippen LogP) is 5.45. The van der Waals surface area contributed by atoms with Gasteiger partial charge in [-0.3, -0.25) is 0 Å². The topological polar surface area (TPSA) is 0 Å². The molecule has 108 valence electrons. The third-order valence-corrected chi connectivity index (χ3v) is 4.45. The highest BCUT2D eigenvalue weighted by atomic mass is 14.2. The maximum atomic E-state index is 2.33. The van der Waals surface area contributed by atoms with Crippen molar-refractivity contribution in [3.63, 3.8) is 0 Å². The third-order valence-electron chi connectivity index (χ3n) is 4.45. The molecule has 0 saturated carbocycles. The minimum Gasteiger partial charge on any atom is -0.0651 e. The Balaban J connectivity index is 3.68. The molecule has 0 unspecified atom stereocenters. The fourth-order valence-corrected chi connectivity index (χ4v) is 3.78. The molecule has 0 amide bonds. The molecular formula is C19H32. The van der Waals surface area contributed by atoms with Crippen molar-refractivity contribution in [3.8, 4) is 0 Å². The molecule has 0 aromatic heterocycles. The smallest absolute Gasteiger partial charge is 0.0276 e. The van der Waals surface area contributed by atoms with E-state index in [-0.39, 0.29) is 0 Å². The molecule has 0 radical (unpaired) electrons. The van der Waals surface area contributed by atoms with Crippen molar-refractivity contribution in [1.29, 1.82) is 0 Å². The molecule has 0 aliphatic heterocycles. The maximum absolute atomic E-state index is 2.33. The summed E-state index contributed by atoms with van der Waals surface area (Å²) in [6.07, 6.45) is 8.50. The van der Waals surface area contributed by atoms with Crippen molar-refractivity contribution in [2.75, 3.05) is 0 Å². The standard InChI is InChI=1S/C19H32/c1-7-13-19-17(11-5)15(9-3)14(8-2)16(10-4)18(19)12-6/h7-13H2,1-6H3. The summed E-state index contributed by atoms with van der Waals surface area (Å²) in [7, 11) is 0. The van der Waals surface area contributed by atoms with Crippen molar-refractivity contribution >= 4 is 0 Å². The molecular weight excluding hydrogens is 228 g/mol. The van der Waals surface area contributed by atoms with E-state index in [1.54, 1.807) is 33.4 Å². The Hall–Kier alpha value is -0.780. The maximum Gasteiger partial charge on any atom is -0.0276 e. The van der Waals surface area contributed by atoms with Crippen LogP contribution in [0.25, 0.3) is 0 Å². The normalized spacial score (nSPS) is 11.1. The van der Waals surface area contributed by atoms with Crippen molar-refractivity contribution in [2.45, 2.75) is 86.5 Å². The Morgan fingerprint density at radius 2 is 0.684 bits per heavy atom. The van der Waals surface area contributed by atoms with Crippen molar-refractivity contribution < 1.29 is 0 Å². The van der Waals surface area contributed by atoms with Gasteiger partial charge in [-0.1, -0.05) is 48.0 Å². The fraction of sp³-hybridized carbons (Fsp3) is 0.684. The average molecular weight is 260 g/mol. The van der Waals surface area contributed by atoms with Gasteiger partial charge >= 0.3 is 0 Å². The molecule has 1 aromatic rings. The van der Waals surface area contributed by atoms with Crippen LogP contribution in [0.4, 0.5) is 0 Å². The van der Waals surface area contributed by atoms with Gasteiger partial charge in [0.2, 0.25) is 0 Å². The number of hydrogen-bond acceptors (Lipinski definition) is 0. The third kappa shape index (κ3) is 3.04. The largest absolute Gasteiger partial charge is 0.0651 e. The monoisotopic (exact) mass is 260 g/mol. The second kappa shape index (κ2) is 7.72. The van der Waals surface area contributed by atoms with E-state index in [2.05, 4.69) is 41.5 Å². The fourth-order valence-electron chi connectivity index (χ4n) is 3.78. The Morgan fingerprint density at radius 1 is 0.421 bits per heavy atom. The molecule has 1 aromatic carbocycles. The zero-order valence-electron chi connectivity index (χ0n) is 13.9. The predicted molar refractivity (Wildman–Crippen MR) is 87.3 cm³/mol. The summed E-state index contributed by atoms with van der Waals surface area (Å²) in [4.78, 5) is 0. The lowest BCUT2D eigenvalue weighted by atomic mass is 9.80. The number of rotatable bonds is 7. The van der Waals surface area contributed by atoms with Gasteiger partial charge in [-0.2, -0.15) is 0 Å². The van der Waals surface area contributed by atoms with Crippen LogP contribution in [0.2, 0.25) is 0 Å². The van der Waals surface area contributed by atoms with Gasteiger partial charge in [0.1, 0.15) is 0 Å². The van der Waals surface area contributed by atoms with Gasteiger partial charge in [-0.05, 0) is 71.9 Å². The number of hydrogen-bond donors (Lipinski definition) is 0. The summed E-state index contributed by atoms with van der Waals surface area (Å²) in [6, 6.07) is 0. The molecule has 0 atom stereocenters. The first-order valence-electron chi connectivity index (χ1n) is 8.36. The second-order valence-corrected chi connectivity index (χ2v) is 5.39. The molecule has 1 rings (SSSR count). The molecule has 19 heavy (non-hydrogen) atoms. The zero-order valence-corrected chi connectivity index (χ0v) is 13.9. The molecule has 0 heteroatoms. The van der Waals surface area contributed by atoms with Crippen LogP contribution in [0, 0.1) is 0 Å². The molecule has 0 bridgehead atoms. The van der Waals surface area contributed by atoms with Gasteiger partial charge in [0, 0.05) is 0 Å². The summed E-state index contributed by atoms with van der Waals surface area (Å²) in [5.41, 5.74) is 10.0. The lowest BCUT2D eigenvalue weighted by Crippen LogP contribution is -2.12. The highest BCUT2D eigenvalue weighted by molar-refractivity contribution is 5.52. The summed E-state index contributed by atoms with van der Waals surface area (Å²) in [5, 5.41) is 0. The SMILES string of the molecule is CCCc1c(CC)c(CC)c(CC)c(CC)c1CC. The molecule has 0 aliphatic rings. The van der Waals surface area contributed by atoms with E-state index < -0.39 is 0 Å². The van der Waals surface area contributed by atoms with E-state index in [1.807, 2.05) is 0 Å². The Bertz CT molecular complexity index is 380. The summed E-state index contributed by atoms with van der Waals surface area (Å²) in [5.74, 6) is 0. The Kier molecular flexibility index (Phi) is 6.62. The quantitative estimate of drug-likeness (QED) is 0.611. The lowest BCUT2D eigenvalue weighted by molar-refractivity contribution is 0.834. The Labute approximate surface area is 120 Å². The van der Waals surface area contributed by atoms with Gasteiger partial charge in [0.25, 0.3) is 0 Å². The molecule has 0 saturated heterocycles. The zero-order chi connectivity index (χ0) is 14.4. The van der Waals surface area contributed by atoms with Crippen molar-refractivity contribution in [1.82, 2.24) is 0 Å². The van der Waals surface area contributed by atoms with E-state index in [4.69, 9.17) is 0 Å². The first-order chi connectivity index (χ1) is 9.19. The van der Waals surface area contributed by atoms with E-state index in [1.165, 1.54) is 44.9 Å². The van der Waals surface area contributed by atoms with Crippen molar-refractivity contribution in [2.24, 2.45) is 0 Å². The van der Waals surface area contributed by atoms with E-state index in [9.17, 15) is 0 Å². The van der Waals surface area contributed by atoms with Crippen molar-refractivity contribution in [3.05, 3.63) is 33.4 Å². The number of benzene rings is 1. The van der Waals surface area contributed by atoms with Crippen LogP contribution in [0.5, 0.6) is 0 Å². The van der Waals surface area contributed by atoms with Crippen LogP contribution < -0.4 is 0 Å².